The molecule has 0 spiro atoms. The van der Waals surface area contributed by atoms with E-state index in [1.807, 2.05) is 11.9 Å². The molecule has 1 amide bonds. The maximum Gasteiger partial charge on any atom is 0.270 e. The lowest BCUT2D eigenvalue weighted by Gasteiger charge is -2.32. The van der Waals surface area contributed by atoms with Crippen molar-refractivity contribution in [3.05, 3.63) is 38.3 Å². The number of nitro groups is 1. The third-order valence-electron chi connectivity index (χ3n) is 3.77. The van der Waals surface area contributed by atoms with Crippen LogP contribution in [0.1, 0.15) is 18.4 Å². The van der Waals surface area contributed by atoms with E-state index in [-0.39, 0.29) is 30.4 Å². The predicted molar refractivity (Wildman–Crippen MR) is 90.4 cm³/mol. The molecule has 2 rings (SSSR count). The van der Waals surface area contributed by atoms with Crippen LogP contribution in [0.4, 0.5) is 5.69 Å². The second kappa shape index (κ2) is 8.45. The lowest BCUT2D eigenvalue weighted by molar-refractivity contribution is -0.384. The maximum atomic E-state index is 12.3. The van der Waals surface area contributed by atoms with E-state index in [0.29, 0.717) is 10.5 Å². The van der Waals surface area contributed by atoms with Gasteiger partial charge in [-0.05, 0) is 25.5 Å². The molecule has 0 bridgehead atoms. The van der Waals surface area contributed by atoms with E-state index >= 15 is 0 Å². The Morgan fingerprint density at radius 2 is 2.27 bits per heavy atom. The molecular formula is C14H19BrClN3O3. The number of likely N-dealkylation sites (tertiary alicyclic amines) is 1. The second-order valence-electron chi connectivity index (χ2n) is 5.18. The van der Waals surface area contributed by atoms with E-state index in [0.717, 1.165) is 31.5 Å². The second-order valence-corrected chi connectivity index (χ2v) is 6.03. The Balaban J connectivity index is 0.00000242. The first kappa shape index (κ1) is 18.9. The number of carbonyl (C=O) groups excluding carboxylic acids is 1. The average Bonchev–Trinajstić information content (AvgIpc) is 2.49. The van der Waals surface area contributed by atoms with E-state index in [1.54, 1.807) is 6.07 Å². The van der Waals surface area contributed by atoms with Gasteiger partial charge < -0.3 is 10.2 Å². The molecule has 22 heavy (non-hydrogen) atoms. The van der Waals surface area contributed by atoms with Crippen molar-refractivity contribution in [2.45, 2.75) is 25.3 Å². The molecule has 0 aliphatic carbocycles. The highest BCUT2D eigenvalue weighted by molar-refractivity contribution is 9.10. The van der Waals surface area contributed by atoms with Crippen molar-refractivity contribution in [3.8, 4) is 0 Å². The fraction of sp³-hybridized carbons (Fsp3) is 0.500. The lowest BCUT2D eigenvalue weighted by Crippen LogP contribution is -2.47. The van der Waals surface area contributed by atoms with Gasteiger partial charge in [0.1, 0.15) is 0 Å². The summed E-state index contributed by atoms with van der Waals surface area (Å²) in [6.45, 7) is 1.50. The quantitative estimate of drug-likeness (QED) is 0.631. The molecule has 6 nitrogen and oxygen atoms in total. The highest BCUT2D eigenvalue weighted by atomic mass is 79.9. The molecular weight excluding hydrogens is 374 g/mol. The van der Waals surface area contributed by atoms with Crippen LogP contribution < -0.4 is 5.32 Å². The largest absolute Gasteiger partial charge is 0.341 e. The maximum absolute atomic E-state index is 12.3. The Labute approximate surface area is 143 Å². The van der Waals surface area contributed by atoms with Crippen LogP contribution in [0.15, 0.2) is 22.7 Å². The molecule has 1 saturated heterocycles. The van der Waals surface area contributed by atoms with Crippen molar-refractivity contribution in [1.82, 2.24) is 10.2 Å². The molecule has 1 heterocycles. The van der Waals surface area contributed by atoms with Crippen LogP contribution >= 0.6 is 28.3 Å². The fourth-order valence-corrected chi connectivity index (χ4v) is 3.01. The minimum atomic E-state index is -0.446. The Kier molecular flexibility index (Phi) is 7.25. The number of non-ortho nitro benzene ring substituents is 1. The van der Waals surface area contributed by atoms with Crippen LogP contribution in [0.5, 0.6) is 0 Å². The van der Waals surface area contributed by atoms with E-state index in [9.17, 15) is 14.9 Å². The van der Waals surface area contributed by atoms with Crippen LogP contribution in [-0.4, -0.2) is 41.9 Å². The highest BCUT2D eigenvalue weighted by Gasteiger charge is 2.23. The molecule has 1 atom stereocenters. The number of likely N-dealkylation sites (N-methyl/N-ethyl adjacent to an activating group) is 1. The van der Waals surface area contributed by atoms with Crippen LogP contribution in [0.3, 0.4) is 0 Å². The number of nitro benzene ring substituents is 1. The monoisotopic (exact) mass is 391 g/mol. The van der Waals surface area contributed by atoms with Crippen LogP contribution in [0, 0.1) is 10.1 Å². The number of rotatable bonds is 4. The Bertz CT molecular complexity index is 556. The summed E-state index contributed by atoms with van der Waals surface area (Å²) in [5, 5.41) is 13.9. The van der Waals surface area contributed by atoms with E-state index < -0.39 is 4.92 Å². The van der Waals surface area contributed by atoms with Gasteiger partial charge in [-0.1, -0.05) is 22.0 Å². The normalized spacial score (nSPS) is 17.7. The Morgan fingerprint density at radius 1 is 1.55 bits per heavy atom. The summed E-state index contributed by atoms with van der Waals surface area (Å²) < 4.78 is 0.604. The zero-order valence-electron chi connectivity index (χ0n) is 12.3. The molecule has 1 N–H and O–H groups in total. The minimum Gasteiger partial charge on any atom is -0.341 e. The molecule has 1 unspecified atom stereocenters. The number of nitrogens with one attached hydrogen (secondary N) is 1. The number of piperidine rings is 1. The van der Waals surface area contributed by atoms with Crippen LogP contribution in [-0.2, 0) is 11.2 Å². The molecule has 8 heteroatoms. The van der Waals surface area contributed by atoms with E-state index in [2.05, 4.69) is 21.2 Å². The van der Waals surface area contributed by atoms with Gasteiger partial charge in [-0.15, -0.1) is 12.4 Å². The van der Waals surface area contributed by atoms with Crippen LogP contribution in [0.25, 0.3) is 0 Å². The van der Waals surface area contributed by atoms with Crippen molar-refractivity contribution >= 4 is 39.9 Å². The summed E-state index contributed by atoms with van der Waals surface area (Å²) in [5.74, 6) is 0.0597. The Morgan fingerprint density at radius 3 is 2.86 bits per heavy atom. The van der Waals surface area contributed by atoms with Crippen molar-refractivity contribution in [2.75, 3.05) is 20.1 Å². The van der Waals surface area contributed by atoms with E-state index in [1.165, 1.54) is 12.1 Å². The summed E-state index contributed by atoms with van der Waals surface area (Å²) in [5.41, 5.74) is 0.795. The third-order valence-corrected chi connectivity index (χ3v) is 4.51. The first-order valence-electron chi connectivity index (χ1n) is 6.89. The molecule has 1 fully saturated rings. The van der Waals surface area contributed by atoms with Crippen molar-refractivity contribution in [1.29, 1.82) is 0 Å². The molecule has 0 radical (unpaired) electrons. The van der Waals surface area contributed by atoms with Gasteiger partial charge in [-0.25, -0.2) is 0 Å². The minimum absolute atomic E-state index is 0. The molecule has 1 aliphatic rings. The first-order chi connectivity index (χ1) is 10.0. The first-order valence-corrected chi connectivity index (χ1v) is 7.68. The topological polar surface area (TPSA) is 75.5 Å². The number of benzene rings is 1. The lowest BCUT2D eigenvalue weighted by atomic mass is 10.0. The van der Waals surface area contributed by atoms with Gasteiger partial charge in [0.2, 0.25) is 5.91 Å². The van der Waals surface area contributed by atoms with Gasteiger partial charge in [0.25, 0.3) is 5.69 Å². The number of carbonyl (C=O) groups is 1. The summed E-state index contributed by atoms with van der Waals surface area (Å²) in [7, 11) is 1.91. The number of hydrogen-bond acceptors (Lipinski definition) is 4. The smallest absolute Gasteiger partial charge is 0.270 e. The Hall–Kier alpha value is -1.18. The SMILES string of the molecule is CNC1CCCN(C(=O)Cc2ccc([N+](=O)[O-])cc2Br)C1.Cl. The number of amides is 1. The summed E-state index contributed by atoms with van der Waals surface area (Å²) in [4.78, 5) is 24.5. The molecule has 122 valence electrons. The summed E-state index contributed by atoms with van der Waals surface area (Å²) in [6.07, 6.45) is 2.34. The standard InChI is InChI=1S/C14H18BrN3O3.ClH/c1-16-11-3-2-6-17(9-11)14(19)7-10-4-5-12(18(20)21)8-13(10)15;/h4-5,8,11,16H,2-3,6-7,9H2,1H3;1H. The molecule has 1 aromatic rings. The zero-order valence-corrected chi connectivity index (χ0v) is 14.7. The molecule has 1 aliphatic heterocycles. The van der Waals surface area contributed by atoms with Crippen molar-refractivity contribution < 1.29 is 9.72 Å². The van der Waals surface area contributed by atoms with Gasteiger partial charge >= 0.3 is 0 Å². The summed E-state index contributed by atoms with van der Waals surface area (Å²) in [6, 6.07) is 4.86. The highest BCUT2D eigenvalue weighted by Crippen LogP contribution is 2.24. The fourth-order valence-electron chi connectivity index (χ4n) is 2.51. The predicted octanol–water partition coefficient (Wildman–Crippen LogP) is 2.53. The van der Waals surface area contributed by atoms with Crippen molar-refractivity contribution in [3.63, 3.8) is 0 Å². The van der Waals surface area contributed by atoms with E-state index in [4.69, 9.17) is 0 Å². The number of hydrogen-bond donors (Lipinski definition) is 1. The van der Waals surface area contributed by atoms with Crippen molar-refractivity contribution in [2.24, 2.45) is 0 Å². The third kappa shape index (κ3) is 4.66. The number of halogens is 2. The number of nitrogens with zero attached hydrogens (tertiary/aromatic N) is 2. The van der Waals surface area contributed by atoms with Gasteiger partial charge in [-0.2, -0.15) is 0 Å². The van der Waals surface area contributed by atoms with Gasteiger partial charge in [0.15, 0.2) is 0 Å². The molecule has 0 saturated carbocycles. The molecule has 1 aromatic carbocycles. The zero-order chi connectivity index (χ0) is 15.4. The van der Waals surface area contributed by atoms with Crippen LogP contribution in [0.2, 0.25) is 0 Å². The molecule has 0 aromatic heterocycles. The van der Waals surface area contributed by atoms with Gasteiger partial charge in [0, 0.05) is 35.7 Å². The average molecular weight is 393 g/mol. The van der Waals surface area contributed by atoms with Gasteiger partial charge in [-0.3, -0.25) is 14.9 Å². The summed E-state index contributed by atoms with van der Waals surface area (Å²) >= 11 is 3.31. The van der Waals surface area contributed by atoms with Gasteiger partial charge in [0.05, 0.1) is 11.3 Å².